The quantitative estimate of drug-likeness (QED) is 0.653. The molecule has 0 amide bonds. The predicted octanol–water partition coefficient (Wildman–Crippen LogP) is 4.19. The first-order valence-corrected chi connectivity index (χ1v) is 7.80. The van der Waals surface area contributed by atoms with Gasteiger partial charge in [0.15, 0.2) is 17.5 Å². The fourth-order valence-electron chi connectivity index (χ4n) is 2.95. The van der Waals surface area contributed by atoms with Crippen LogP contribution in [0.25, 0.3) is 0 Å². The van der Waals surface area contributed by atoms with Gasteiger partial charge in [-0.25, -0.2) is 18.0 Å². The highest BCUT2D eigenvalue weighted by molar-refractivity contribution is 5.98. The molecule has 0 aliphatic rings. The van der Waals surface area contributed by atoms with Crippen LogP contribution in [-0.4, -0.2) is 21.6 Å². The Morgan fingerprint density at radius 2 is 1.60 bits per heavy atom. The van der Waals surface area contributed by atoms with E-state index in [0.717, 1.165) is 6.07 Å². The summed E-state index contributed by atoms with van der Waals surface area (Å²) in [6, 6.07) is 9.12. The minimum atomic E-state index is -1.86. The van der Waals surface area contributed by atoms with Crippen molar-refractivity contribution in [2.45, 2.75) is 26.4 Å². The predicted molar refractivity (Wildman–Crippen MR) is 86.8 cm³/mol. The lowest BCUT2D eigenvalue weighted by atomic mass is 9.68. The van der Waals surface area contributed by atoms with Crippen molar-refractivity contribution in [3.05, 3.63) is 70.5 Å². The van der Waals surface area contributed by atoms with Gasteiger partial charge in [0, 0.05) is 5.56 Å². The second-order valence-corrected chi connectivity index (χ2v) is 6.82. The molecule has 0 heterocycles. The second kappa shape index (κ2) is 6.65. The van der Waals surface area contributed by atoms with E-state index in [1.54, 1.807) is 51.1 Å². The van der Waals surface area contributed by atoms with Crippen LogP contribution >= 0.6 is 0 Å². The fraction of sp³-hybridized carbons (Fsp3) is 0.278. The number of rotatable bonds is 4. The molecule has 1 atom stereocenters. The smallest absolute Gasteiger partial charge is 0.338 e. The maximum Gasteiger partial charge on any atom is 0.338 e. The van der Waals surface area contributed by atoms with Gasteiger partial charge in [-0.15, -0.1) is 0 Å². The summed E-state index contributed by atoms with van der Waals surface area (Å²) in [5.41, 5.74) is -3.43. The van der Waals surface area contributed by atoms with E-state index in [0.29, 0.717) is 5.56 Å². The summed E-state index contributed by atoms with van der Waals surface area (Å²) < 4.78 is 48.1. The average molecular weight is 365 g/mol. The van der Waals surface area contributed by atoms with Gasteiger partial charge in [-0.3, -0.25) is 0 Å². The van der Waals surface area contributed by atoms with Crippen molar-refractivity contribution in [1.29, 1.82) is 0 Å². The van der Waals surface area contributed by atoms with Gasteiger partial charge in [-0.2, -0.15) is 0 Å². The van der Waals surface area contributed by atoms with Crippen LogP contribution in [0.5, 0.6) is 0 Å². The molecule has 3 nitrogen and oxygen atoms in total. The molecular formula is C18H16F3O3Si. The Morgan fingerprint density at radius 3 is 2.04 bits per heavy atom. The zero-order valence-electron chi connectivity index (χ0n) is 13.9. The summed E-state index contributed by atoms with van der Waals surface area (Å²) >= 11 is 0. The van der Waals surface area contributed by atoms with Gasteiger partial charge in [-0.05, 0) is 17.0 Å². The molecule has 0 aliphatic heterocycles. The first-order valence-electron chi connectivity index (χ1n) is 7.39. The molecule has 3 radical (unpaired) electrons. The normalized spacial score (nSPS) is 14.2. The molecule has 131 valence electrons. The third kappa shape index (κ3) is 2.98. The van der Waals surface area contributed by atoms with E-state index >= 15 is 0 Å². The van der Waals surface area contributed by atoms with Gasteiger partial charge in [-0.1, -0.05) is 51.1 Å². The van der Waals surface area contributed by atoms with Crippen LogP contribution < -0.4 is 0 Å². The minimum Gasteiger partial charge on any atom is -0.478 e. The lowest BCUT2D eigenvalue weighted by molar-refractivity contribution is 0.00281. The topological polar surface area (TPSA) is 46.5 Å². The van der Waals surface area contributed by atoms with E-state index < -0.39 is 45.6 Å². The number of hydrogen-bond acceptors (Lipinski definition) is 2. The number of aromatic carboxylic acids is 1. The highest BCUT2D eigenvalue weighted by Gasteiger charge is 2.48. The largest absolute Gasteiger partial charge is 0.478 e. The van der Waals surface area contributed by atoms with Crippen molar-refractivity contribution >= 4 is 16.5 Å². The Balaban J connectivity index is 2.96. The number of carboxylic acids is 1. The van der Waals surface area contributed by atoms with Gasteiger partial charge in [0.2, 0.25) is 10.5 Å². The Kier molecular flexibility index (Phi) is 5.11. The van der Waals surface area contributed by atoms with Crippen LogP contribution in [0.3, 0.4) is 0 Å². The number of benzene rings is 2. The zero-order chi connectivity index (χ0) is 19.0. The molecule has 7 heteroatoms. The summed E-state index contributed by atoms with van der Waals surface area (Å²) in [5.74, 6) is -6.82. The monoisotopic (exact) mass is 365 g/mol. The van der Waals surface area contributed by atoms with Crippen molar-refractivity contribution in [2.24, 2.45) is 5.41 Å². The van der Waals surface area contributed by atoms with Crippen LogP contribution in [0.2, 0.25) is 0 Å². The Hall–Kier alpha value is -2.12. The molecule has 0 spiro atoms. The minimum absolute atomic E-state index is 0.419. The summed E-state index contributed by atoms with van der Waals surface area (Å²) in [6.07, 6.45) is 0. The van der Waals surface area contributed by atoms with E-state index in [4.69, 9.17) is 9.53 Å². The van der Waals surface area contributed by atoms with E-state index in [9.17, 15) is 18.0 Å². The summed E-state index contributed by atoms with van der Waals surface area (Å²) in [4.78, 5) is 11.3. The molecule has 2 aromatic rings. The lowest BCUT2D eigenvalue weighted by Gasteiger charge is -2.45. The van der Waals surface area contributed by atoms with Gasteiger partial charge in [0.25, 0.3) is 0 Å². The van der Waals surface area contributed by atoms with E-state index in [-0.39, 0.29) is 0 Å². The third-order valence-electron chi connectivity index (χ3n) is 4.15. The first kappa shape index (κ1) is 19.2. The molecular weight excluding hydrogens is 349 g/mol. The maximum atomic E-state index is 14.7. The molecule has 0 bridgehead atoms. The molecule has 0 saturated carbocycles. The summed E-state index contributed by atoms with van der Waals surface area (Å²) in [6.45, 7) is 5.13. The van der Waals surface area contributed by atoms with Crippen molar-refractivity contribution in [1.82, 2.24) is 0 Å². The number of hydrogen-bond donors (Lipinski definition) is 1. The Bertz CT molecular complexity index is 803. The van der Waals surface area contributed by atoms with Gasteiger partial charge >= 0.3 is 5.97 Å². The molecule has 0 aromatic heterocycles. The van der Waals surface area contributed by atoms with Crippen LogP contribution in [0, 0.1) is 22.9 Å². The average Bonchev–Trinajstić information content (AvgIpc) is 2.55. The number of carboxylic acid groups (broad SMARTS) is 1. The lowest BCUT2D eigenvalue weighted by Crippen LogP contribution is -2.44. The molecule has 25 heavy (non-hydrogen) atoms. The van der Waals surface area contributed by atoms with Crippen molar-refractivity contribution < 1.29 is 27.5 Å². The number of carbonyl (C=O) groups is 1. The molecule has 0 saturated heterocycles. The van der Waals surface area contributed by atoms with Crippen molar-refractivity contribution in [3.8, 4) is 0 Å². The van der Waals surface area contributed by atoms with Crippen LogP contribution in [0.1, 0.15) is 42.3 Å². The fourth-order valence-corrected chi connectivity index (χ4v) is 3.48. The summed E-state index contributed by atoms with van der Waals surface area (Å²) in [7, 11) is 2.95. The van der Waals surface area contributed by atoms with Gasteiger partial charge in [0.05, 0.1) is 5.56 Å². The van der Waals surface area contributed by atoms with E-state index in [2.05, 4.69) is 10.5 Å². The molecule has 2 aromatic carbocycles. The highest BCUT2D eigenvalue weighted by Crippen LogP contribution is 2.48. The van der Waals surface area contributed by atoms with E-state index in [1.807, 2.05) is 0 Å². The molecule has 1 N–H and O–H groups in total. The van der Waals surface area contributed by atoms with Gasteiger partial charge < -0.3 is 9.53 Å². The second-order valence-electron chi connectivity index (χ2n) is 6.62. The van der Waals surface area contributed by atoms with Crippen LogP contribution in [0.4, 0.5) is 13.2 Å². The zero-order valence-corrected chi connectivity index (χ0v) is 14.9. The van der Waals surface area contributed by atoms with Crippen molar-refractivity contribution in [3.63, 3.8) is 0 Å². The summed E-state index contributed by atoms with van der Waals surface area (Å²) in [5, 5.41) is 9.14. The highest BCUT2D eigenvalue weighted by atomic mass is 28.2. The molecule has 1 unspecified atom stereocenters. The Labute approximate surface area is 147 Å². The SMILES string of the molecule is CC(C)(C)C(O[Si])(c1ccccc1)c1cc(C(=O)O)c(F)c(F)c1F. The van der Waals surface area contributed by atoms with Gasteiger partial charge in [0.1, 0.15) is 5.60 Å². The van der Waals surface area contributed by atoms with Crippen molar-refractivity contribution in [2.75, 3.05) is 0 Å². The molecule has 0 aliphatic carbocycles. The Morgan fingerprint density at radius 1 is 1.04 bits per heavy atom. The maximum absolute atomic E-state index is 14.7. The van der Waals surface area contributed by atoms with Crippen LogP contribution in [0.15, 0.2) is 36.4 Å². The standard InChI is InChI=1S/C18H16F3O3Si/c1-17(2,3)18(24-25,10-7-5-4-6-8-10)12-9-11(16(22)23)13(19)15(21)14(12)20/h4-9H,1-3H3,(H,22,23). The van der Waals surface area contributed by atoms with Crippen LogP contribution in [-0.2, 0) is 10.0 Å². The number of halogens is 3. The molecule has 2 rings (SSSR count). The first-order chi connectivity index (χ1) is 11.6. The van der Waals surface area contributed by atoms with E-state index in [1.165, 1.54) is 0 Å². The molecule has 0 fully saturated rings. The third-order valence-corrected chi connectivity index (χ3v) is 4.45.